The van der Waals surface area contributed by atoms with Gasteiger partial charge in [-0.1, -0.05) is 270 Å². The fourth-order valence-electron chi connectivity index (χ4n) is 18.0. The fourth-order valence-corrected chi connectivity index (χ4v) is 42.8. The summed E-state index contributed by atoms with van der Waals surface area (Å²) in [4.78, 5) is 4.25. The zero-order valence-corrected chi connectivity index (χ0v) is 74.1. The van der Waals surface area contributed by atoms with E-state index in [9.17, 15) is 0 Å². The van der Waals surface area contributed by atoms with E-state index >= 15 is 10.2 Å². The molecule has 105 heavy (non-hydrogen) atoms. The van der Waals surface area contributed by atoms with Gasteiger partial charge in [0.05, 0.1) is 45.6 Å². The van der Waals surface area contributed by atoms with Crippen molar-refractivity contribution in [2.24, 2.45) is 23.7 Å². The van der Waals surface area contributed by atoms with Gasteiger partial charge < -0.3 is 29.2 Å². The van der Waals surface area contributed by atoms with E-state index in [1.807, 2.05) is 34.0 Å². The maximum absolute atomic E-state index is 15.3. The summed E-state index contributed by atoms with van der Waals surface area (Å²) in [5, 5.41) is 30.7. The molecule has 9 aromatic rings. The minimum absolute atomic E-state index is 0.458. The van der Waals surface area contributed by atoms with Crippen molar-refractivity contribution in [2.45, 2.75) is 286 Å². The van der Waals surface area contributed by atoms with Crippen molar-refractivity contribution in [2.75, 3.05) is 26.4 Å². The maximum atomic E-state index is 15.3. The fraction of sp³-hybridized carbons (Fsp3) is 0.565. The van der Waals surface area contributed by atoms with Gasteiger partial charge in [-0.2, -0.15) is 0 Å². The van der Waals surface area contributed by atoms with Gasteiger partial charge in [0.1, 0.15) is 50.3 Å². The molecule has 5 heterocycles. The number of hydrogen-bond acceptors (Lipinski definition) is 11. The second kappa shape index (κ2) is 38.4. The lowest BCUT2D eigenvalue weighted by Crippen LogP contribution is -2.54. The van der Waals surface area contributed by atoms with E-state index in [1.54, 1.807) is 27.2 Å². The van der Waals surface area contributed by atoms with Crippen LogP contribution in [0, 0.1) is 23.7 Å². The van der Waals surface area contributed by atoms with Crippen LogP contribution >= 0.6 is 56.7 Å². The van der Waals surface area contributed by atoms with Gasteiger partial charge >= 0.3 is 0 Å². The van der Waals surface area contributed by atoms with Gasteiger partial charge in [-0.25, -0.2) is 0 Å². The lowest BCUT2D eigenvalue weighted by molar-refractivity contribution is 0.127. The molecule has 4 unspecified atom stereocenters. The Labute approximate surface area is 657 Å². The Morgan fingerprint density at radius 3 is 0.886 bits per heavy atom. The molecule has 0 radical (unpaired) electrons. The molecule has 0 aliphatic rings. The molecular weight excluding hydrogens is 1420 g/mol. The highest BCUT2D eigenvalue weighted by Crippen LogP contribution is 2.61. The van der Waals surface area contributed by atoms with E-state index in [0.717, 1.165) is 162 Å². The van der Waals surface area contributed by atoms with E-state index in [1.165, 1.54) is 39.6 Å². The van der Waals surface area contributed by atoms with Crippen molar-refractivity contribution in [3.63, 3.8) is 0 Å². The molecule has 5 aromatic heterocycles. The summed E-state index contributed by atoms with van der Waals surface area (Å²) in [5.41, 5.74) is 4.33. The first-order chi connectivity index (χ1) is 50.4. The topological polar surface area (TPSA) is 77.4 Å². The molecule has 6 nitrogen and oxygen atoms in total. The van der Waals surface area contributed by atoms with Crippen molar-refractivity contribution in [3.05, 3.63) is 155 Å². The summed E-state index contributed by atoms with van der Waals surface area (Å²) in [7, 11) is -4.21. The smallest absolute Gasteiger partial charge is 0.143 e. The third kappa shape index (κ3) is 18.1. The summed E-state index contributed by atoms with van der Waals surface area (Å²) >= 11 is 9.31. The van der Waals surface area contributed by atoms with E-state index in [2.05, 4.69) is 260 Å². The van der Waals surface area contributed by atoms with Gasteiger partial charge in [0, 0.05) is 30.3 Å². The molecule has 4 atom stereocenters. The summed E-state index contributed by atoms with van der Waals surface area (Å²) in [5.74, 6) is 5.01. The van der Waals surface area contributed by atoms with Crippen molar-refractivity contribution < 1.29 is 29.2 Å². The molecule has 13 heteroatoms. The number of ether oxygens (including phenoxy) is 4. The second-order valence-electron chi connectivity index (χ2n) is 32.6. The summed E-state index contributed by atoms with van der Waals surface area (Å²) < 4.78 is 34.4. The Morgan fingerprint density at radius 1 is 0.324 bits per heavy atom. The molecule has 0 aliphatic carbocycles. The zero-order valence-electron chi connectivity index (χ0n) is 68.0. The third-order valence-electron chi connectivity index (χ3n) is 24.3. The quantitative estimate of drug-likeness (QED) is 0.0371. The van der Waals surface area contributed by atoms with Crippen molar-refractivity contribution >= 4 is 101 Å². The maximum Gasteiger partial charge on any atom is 0.143 e. The highest BCUT2D eigenvalue weighted by molar-refractivity contribution is 7.39. The van der Waals surface area contributed by atoms with E-state index in [-0.39, 0.29) is 0 Å². The van der Waals surface area contributed by atoms with E-state index in [0.29, 0.717) is 83.3 Å². The molecule has 574 valence electrons. The summed E-state index contributed by atoms with van der Waals surface area (Å²) in [6, 6.07) is 43.5. The SMILES string of the molecule is CCCCC(CC)COc1ccc(C(O)(c2ccc(OCC(CC)CCCC)cc2)c2c(-c3ccc([Si](C(C)C)(C(C)C)C(C)C)s3)sc3c(C(O)(c4ccc(OCC(CC)CCCC)cc4)c4ccc(OCC(CC)CCCC)cc4)c(-c4cc5sc([Si](C(C)C)(C(C)C)C(C)C)cc5s4)sc23)cc1. The number of benzene rings is 4. The molecular formula is C92H132O6S5Si2. The normalized spacial score (nSPS) is 14.9. The van der Waals surface area contributed by atoms with Crippen molar-refractivity contribution in [1.82, 2.24) is 0 Å². The minimum atomic E-state index is -2.19. The van der Waals surface area contributed by atoms with Crippen LogP contribution in [0.5, 0.6) is 23.0 Å². The number of hydrogen-bond donors (Lipinski definition) is 2. The number of unbranched alkanes of at least 4 members (excludes halogenated alkanes) is 4. The lowest BCUT2D eigenvalue weighted by Gasteiger charge is -2.42. The van der Waals surface area contributed by atoms with Gasteiger partial charge in [0.25, 0.3) is 0 Å². The van der Waals surface area contributed by atoms with Gasteiger partial charge in [0.2, 0.25) is 0 Å². The van der Waals surface area contributed by atoms with Gasteiger partial charge in [-0.15, -0.1) is 56.7 Å². The Kier molecular flexibility index (Phi) is 30.9. The first-order valence-corrected chi connectivity index (χ1v) is 49.6. The monoisotopic (exact) mass is 1550 g/mol. The molecule has 0 amide bonds. The molecule has 0 saturated heterocycles. The van der Waals surface area contributed by atoms with Crippen LogP contribution < -0.4 is 27.9 Å². The molecule has 0 bridgehead atoms. The third-order valence-corrected chi connectivity index (χ3v) is 46.4. The molecule has 0 saturated carbocycles. The Balaban J connectivity index is 1.40. The van der Waals surface area contributed by atoms with Gasteiger partial charge in [-0.3, -0.25) is 0 Å². The Hall–Kier alpha value is -4.55. The Morgan fingerprint density at radius 2 is 0.610 bits per heavy atom. The number of aliphatic hydroxyl groups is 2. The van der Waals surface area contributed by atoms with Crippen LogP contribution in [0.3, 0.4) is 0 Å². The van der Waals surface area contributed by atoms with Crippen molar-refractivity contribution in [3.8, 4) is 42.5 Å². The predicted molar refractivity (Wildman–Crippen MR) is 468 cm³/mol. The van der Waals surface area contributed by atoms with Crippen LogP contribution in [0.15, 0.2) is 121 Å². The van der Waals surface area contributed by atoms with Crippen LogP contribution in [0.2, 0.25) is 33.2 Å². The summed E-state index contributed by atoms with van der Waals surface area (Å²) in [6.07, 6.45) is 18.1. The molecule has 2 N–H and O–H groups in total. The highest BCUT2D eigenvalue weighted by atomic mass is 32.1. The highest BCUT2D eigenvalue weighted by Gasteiger charge is 2.50. The number of thiophene rings is 5. The van der Waals surface area contributed by atoms with Gasteiger partial charge in [-0.05, 0) is 181 Å². The van der Waals surface area contributed by atoms with Crippen LogP contribution in [-0.4, -0.2) is 52.8 Å². The molecule has 0 aliphatic heterocycles. The molecule has 0 fully saturated rings. The van der Waals surface area contributed by atoms with Crippen LogP contribution in [0.25, 0.3) is 38.3 Å². The second-order valence-corrected chi connectivity index (χ2v) is 50.4. The molecule has 4 aromatic carbocycles. The first-order valence-electron chi connectivity index (χ1n) is 41.0. The minimum Gasteiger partial charge on any atom is -0.493 e. The largest absolute Gasteiger partial charge is 0.493 e. The molecule has 0 spiro atoms. The molecule has 9 rings (SSSR count). The standard InChI is InChI=1S/C92H132O6S5Si2/c1-21-29-33-67(25-5)57-95-75-45-37-71(38-46-75)91(93,72-39-47-76(48-40-72)96-58-68(26-6)34-30-22-2)85-87(79-53-54-83(100-79)104(61(9)10,62(11)12)63(13)14)102-90-86(88(103-89(85)90)82-55-80-81(99-82)56-84(101-80)105(64(15)16,65(17)18)66(19)20)92(94,73-41-49-77(50-42-73)97-59-69(27-7)35-31-23-3)74-43-51-78(52-44-74)98-60-70(28-8)36-32-24-4/h37-56,61-70,93-94H,21-36,57-60H2,1-20H3. The summed E-state index contributed by atoms with van der Waals surface area (Å²) in [6.45, 7) is 50.3. The van der Waals surface area contributed by atoms with E-state index in [4.69, 9.17) is 18.9 Å². The number of rotatable bonds is 44. The van der Waals surface area contributed by atoms with Crippen molar-refractivity contribution in [1.29, 1.82) is 0 Å². The van der Waals surface area contributed by atoms with Crippen LogP contribution in [0.1, 0.15) is 275 Å². The van der Waals surface area contributed by atoms with Crippen LogP contribution in [-0.2, 0) is 11.2 Å². The average molecular weight is 1550 g/mol. The Bertz CT molecular complexity index is 3870. The lowest BCUT2D eigenvalue weighted by atomic mass is 9.78. The van der Waals surface area contributed by atoms with Gasteiger partial charge in [0.15, 0.2) is 0 Å². The zero-order chi connectivity index (χ0) is 76.0. The van der Waals surface area contributed by atoms with Crippen LogP contribution in [0.4, 0.5) is 0 Å². The number of fused-ring (bicyclic) bond motifs is 2. The first kappa shape index (κ1) is 84.5. The average Bonchev–Trinajstić information content (AvgIpc) is 1.54. The predicted octanol–water partition coefficient (Wildman–Crippen LogP) is 28.4. The van der Waals surface area contributed by atoms with E-state index < -0.39 is 27.3 Å².